The molecular formula is C33H31NO3S. The Morgan fingerprint density at radius 2 is 1.50 bits per heavy atom. The van der Waals surface area contributed by atoms with Gasteiger partial charge in [0.15, 0.2) is 0 Å². The zero-order valence-corrected chi connectivity index (χ0v) is 22.5. The second-order valence-electron chi connectivity index (χ2n) is 9.19. The number of carbonyl (C=O) groups is 1. The highest BCUT2D eigenvalue weighted by Crippen LogP contribution is 2.34. The summed E-state index contributed by atoms with van der Waals surface area (Å²) in [5.74, 6) is -0.144. The highest BCUT2D eigenvalue weighted by atomic mass is 32.2. The lowest BCUT2D eigenvalue weighted by molar-refractivity contribution is 0.0491. The predicted molar refractivity (Wildman–Crippen MR) is 156 cm³/mol. The number of furan rings is 1. The first-order valence-electron chi connectivity index (χ1n) is 12.9. The number of nitrogens with zero attached hydrogens (tertiary/aromatic N) is 1. The van der Waals surface area contributed by atoms with Crippen LogP contribution in [-0.2, 0) is 17.6 Å². The summed E-state index contributed by atoms with van der Waals surface area (Å²) < 4.78 is 13.3. The molecule has 1 aromatic heterocycles. The van der Waals surface area contributed by atoms with Gasteiger partial charge in [-0.05, 0) is 85.7 Å². The maximum atomic E-state index is 12.3. The average Bonchev–Trinajstić information content (AvgIpc) is 3.28. The summed E-state index contributed by atoms with van der Waals surface area (Å²) in [6, 6.07) is 36.0. The molecule has 0 atom stereocenters. The molecule has 0 radical (unpaired) electrons. The Bertz CT molecular complexity index is 1490. The summed E-state index contributed by atoms with van der Waals surface area (Å²) in [5, 5.41) is 0.930. The van der Waals surface area contributed by atoms with E-state index in [0.717, 1.165) is 40.9 Å². The zero-order chi connectivity index (χ0) is 26.3. The third kappa shape index (κ3) is 6.12. The number of hydrogen-bond acceptors (Lipinski definition) is 5. The van der Waals surface area contributed by atoms with Gasteiger partial charge in [-0.2, -0.15) is 0 Å². The molecule has 1 heterocycles. The minimum Gasteiger partial charge on any atom is -0.460 e. The predicted octanol–water partition coefficient (Wildman–Crippen LogP) is 8.27. The fourth-order valence-corrected chi connectivity index (χ4v) is 5.45. The second-order valence-corrected chi connectivity index (χ2v) is 10.3. The maximum absolute atomic E-state index is 12.3. The summed E-state index contributed by atoms with van der Waals surface area (Å²) in [4.78, 5) is 13.4. The van der Waals surface area contributed by atoms with Gasteiger partial charge in [0, 0.05) is 28.1 Å². The van der Waals surface area contributed by atoms with Crippen LogP contribution in [0.3, 0.4) is 0 Å². The minimum absolute atomic E-state index is 0.277. The van der Waals surface area contributed by atoms with E-state index >= 15 is 0 Å². The molecule has 5 aromatic rings. The first-order chi connectivity index (χ1) is 18.6. The van der Waals surface area contributed by atoms with Crippen LogP contribution in [0.15, 0.2) is 112 Å². The molecule has 0 aliphatic carbocycles. The number of aryl methyl sites for hydroxylation is 1. The monoisotopic (exact) mass is 521 g/mol. The molecule has 38 heavy (non-hydrogen) atoms. The number of ether oxygens (including phenoxy) is 1. The lowest BCUT2D eigenvalue weighted by Crippen LogP contribution is -2.17. The quantitative estimate of drug-likeness (QED) is 0.137. The van der Waals surface area contributed by atoms with Crippen LogP contribution in [0.2, 0.25) is 0 Å². The standard InChI is InChI=1S/C33H31NO3S/c1-3-36-33(35)32-24(2)30-23-29(18-19-31(30)37-32)38-34(21-20-25-10-6-4-7-11-25)28-16-14-27(15-17-28)22-26-12-8-5-9-13-26/h4-19,23H,3,20-22H2,1-2H3. The van der Waals surface area contributed by atoms with Crippen LogP contribution >= 0.6 is 11.9 Å². The van der Waals surface area contributed by atoms with Gasteiger partial charge in [0.1, 0.15) is 5.58 Å². The molecule has 192 valence electrons. The van der Waals surface area contributed by atoms with Crippen molar-refractivity contribution in [2.75, 3.05) is 17.5 Å². The molecule has 4 aromatic carbocycles. The molecule has 0 unspecified atom stereocenters. The number of benzene rings is 4. The topological polar surface area (TPSA) is 42.7 Å². The van der Waals surface area contributed by atoms with E-state index in [4.69, 9.17) is 9.15 Å². The molecular weight excluding hydrogens is 490 g/mol. The summed E-state index contributed by atoms with van der Waals surface area (Å²) in [5.41, 5.74) is 6.55. The maximum Gasteiger partial charge on any atom is 0.374 e. The van der Waals surface area contributed by atoms with Crippen molar-refractivity contribution < 1.29 is 13.9 Å². The summed E-state index contributed by atoms with van der Waals surface area (Å²) in [7, 11) is 0. The highest BCUT2D eigenvalue weighted by molar-refractivity contribution is 8.00. The lowest BCUT2D eigenvalue weighted by Gasteiger charge is -2.24. The molecule has 0 N–H and O–H groups in total. The Kier molecular flexibility index (Phi) is 8.15. The number of anilines is 1. The van der Waals surface area contributed by atoms with E-state index in [1.165, 1.54) is 16.7 Å². The summed E-state index contributed by atoms with van der Waals surface area (Å²) in [6.45, 7) is 4.87. The van der Waals surface area contributed by atoms with E-state index in [2.05, 4.69) is 95.3 Å². The van der Waals surface area contributed by atoms with Crippen molar-refractivity contribution in [3.63, 3.8) is 0 Å². The molecule has 5 rings (SSSR count). The third-order valence-corrected chi connectivity index (χ3v) is 7.58. The van der Waals surface area contributed by atoms with Crippen LogP contribution in [0.5, 0.6) is 0 Å². The van der Waals surface area contributed by atoms with Gasteiger partial charge in [-0.3, -0.25) is 0 Å². The smallest absolute Gasteiger partial charge is 0.374 e. The number of carbonyl (C=O) groups excluding carboxylic acids is 1. The molecule has 0 bridgehead atoms. The fourth-order valence-electron chi connectivity index (χ4n) is 4.49. The highest BCUT2D eigenvalue weighted by Gasteiger charge is 2.19. The van der Waals surface area contributed by atoms with E-state index in [1.807, 2.05) is 19.1 Å². The van der Waals surface area contributed by atoms with Crippen molar-refractivity contribution in [3.05, 3.63) is 131 Å². The summed E-state index contributed by atoms with van der Waals surface area (Å²) >= 11 is 1.70. The molecule has 0 fully saturated rings. The fraction of sp³-hybridized carbons (Fsp3) is 0.182. The molecule has 0 amide bonds. The van der Waals surface area contributed by atoms with Crippen molar-refractivity contribution in [1.82, 2.24) is 0 Å². The largest absolute Gasteiger partial charge is 0.460 e. The Hall–Kier alpha value is -3.96. The number of fused-ring (bicyclic) bond motifs is 1. The van der Waals surface area contributed by atoms with E-state index in [0.29, 0.717) is 12.2 Å². The van der Waals surface area contributed by atoms with Crippen LogP contribution in [0.25, 0.3) is 11.0 Å². The summed E-state index contributed by atoms with van der Waals surface area (Å²) in [6.07, 6.45) is 1.84. The SMILES string of the molecule is CCOC(=O)c1oc2ccc(SN(CCc3ccccc3)c3ccc(Cc4ccccc4)cc3)cc2c1C. The Labute approximate surface area is 228 Å². The molecule has 0 spiro atoms. The van der Waals surface area contributed by atoms with Crippen LogP contribution in [0.1, 0.15) is 39.7 Å². The van der Waals surface area contributed by atoms with Gasteiger partial charge in [0.2, 0.25) is 5.76 Å². The normalized spacial score (nSPS) is 11.0. The van der Waals surface area contributed by atoms with Crippen molar-refractivity contribution >= 4 is 34.6 Å². The Balaban J connectivity index is 1.39. The molecule has 4 nitrogen and oxygen atoms in total. The van der Waals surface area contributed by atoms with Gasteiger partial charge in [0.25, 0.3) is 0 Å². The van der Waals surface area contributed by atoms with Gasteiger partial charge < -0.3 is 13.5 Å². The van der Waals surface area contributed by atoms with Gasteiger partial charge >= 0.3 is 5.97 Å². The van der Waals surface area contributed by atoms with Gasteiger partial charge in [-0.25, -0.2) is 4.79 Å². The van der Waals surface area contributed by atoms with Crippen LogP contribution in [0.4, 0.5) is 5.69 Å². The van der Waals surface area contributed by atoms with E-state index in [-0.39, 0.29) is 5.76 Å². The molecule has 0 aliphatic rings. The average molecular weight is 522 g/mol. The van der Waals surface area contributed by atoms with Crippen LogP contribution < -0.4 is 4.31 Å². The number of hydrogen-bond donors (Lipinski definition) is 0. The number of esters is 1. The van der Waals surface area contributed by atoms with E-state index in [9.17, 15) is 4.79 Å². The molecule has 0 saturated heterocycles. The zero-order valence-electron chi connectivity index (χ0n) is 21.7. The third-order valence-electron chi connectivity index (χ3n) is 6.51. The molecule has 5 heteroatoms. The van der Waals surface area contributed by atoms with Crippen molar-refractivity contribution in [2.24, 2.45) is 0 Å². The van der Waals surface area contributed by atoms with Crippen molar-refractivity contribution in [3.8, 4) is 0 Å². The van der Waals surface area contributed by atoms with Crippen LogP contribution in [0, 0.1) is 6.92 Å². The first-order valence-corrected chi connectivity index (χ1v) is 13.7. The lowest BCUT2D eigenvalue weighted by atomic mass is 10.0. The van der Waals surface area contributed by atoms with Crippen LogP contribution in [-0.4, -0.2) is 19.1 Å². The van der Waals surface area contributed by atoms with Gasteiger partial charge in [0.05, 0.1) is 6.61 Å². The minimum atomic E-state index is -0.421. The van der Waals surface area contributed by atoms with Crippen molar-refractivity contribution in [1.29, 1.82) is 0 Å². The molecule has 0 aliphatic heterocycles. The molecule has 0 saturated carbocycles. The second kappa shape index (κ2) is 12.1. The number of rotatable bonds is 10. The first kappa shape index (κ1) is 25.7. The van der Waals surface area contributed by atoms with Gasteiger partial charge in [-0.1, -0.05) is 72.8 Å². The Morgan fingerprint density at radius 3 is 2.18 bits per heavy atom. The van der Waals surface area contributed by atoms with Crippen molar-refractivity contribution in [2.45, 2.75) is 31.6 Å². The Morgan fingerprint density at radius 1 is 0.842 bits per heavy atom. The van der Waals surface area contributed by atoms with E-state index < -0.39 is 5.97 Å². The van der Waals surface area contributed by atoms with E-state index in [1.54, 1.807) is 18.9 Å². The van der Waals surface area contributed by atoms with Gasteiger partial charge in [-0.15, -0.1) is 0 Å².